The van der Waals surface area contributed by atoms with Crippen LogP contribution in [-0.2, 0) is 5.92 Å². The molecular weight excluding hydrogens is 394 g/mol. The molecule has 0 aliphatic carbocycles. The molecule has 0 aromatic heterocycles. The fourth-order valence-electron chi connectivity index (χ4n) is 1.02. The van der Waals surface area contributed by atoms with Gasteiger partial charge in [-0.15, -0.1) is 0 Å². The molecule has 0 nitrogen and oxygen atoms in total. The van der Waals surface area contributed by atoms with Gasteiger partial charge in [0.2, 0.25) is 5.82 Å². The van der Waals surface area contributed by atoms with Gasteiger partial charge in [-0.05, 0) is 0 Å². The smallest absolute Gasteiger partial charge is 0.203 e. The van der Waals surface area contributed by atoms with Crippen molar-refractivity contribution in [2.24, 2.45) is 0 Å². The van der Waals surface area contributed by atoms with E-state index >= 15 is 0 Å². The lowest BCUT2D eigenvalue weighted by Gasteiger charge is -2.23. The molecule has 102 valence electrons. The van der Waals surface area contributed by atoms with E-state index in [2.05, 4.69) is 0 Å². The van der Waals surface area contributed by atoms with Crippen LogP contribution >= 0.6 is 22.6 Å². The molecule has 0 spiro atoms. The maximum atomic E-state index is 13.0. The summed E-state index contributed by atoms with van der Waals surface area (Å²) in [4.78, 5) is 0. The van der Waals surface area contributed by atoms with Crippen LogP contribution in [0.2, 0.25) is 0 Å². The molecule has 10 heteroatoms. The fourth-order valence-corrected chi connectivity index (χ4v) is 1.29. The predicted molar refractivity (Wildman–Crippen MR) is 49.1 cm³/mol. The van der Waals surface area contributed by atoms with Gasteiger partial charge in [0.1, 0.15) is 5.56 Å². The second kappa shape index (κ2) is 4.46. The van der Waals surface area contributed by atoms with E-state index in [-0.39, 0.29) is 22.6 Å². The highest BCUT2D eigenvalue weighted by Crippen LogP contribution is 2.49. The Bertz CT molecular complexity index is 461. The van der Waals surface area contributed by atoms with Gasteiger partial charge in [0.15, 0.2) is 23.3 Å². The van der Waals surface area contributed by atoms with Crippen LogP contribution in [0, 0.1) is 29.1 Å². The first kappa shape index (κ1) is 15.4. The van der Waals surface area contributed by atoms with Crippen LogP contribution in [0.25, 0.3) is 0 Å². The summed E-state index contributed by atoms with van der Waals surface area (Å²) in [5.41, 5.74) is -2.86. The van der Waals surface area contributed by atoms with Gasteiger partial charge in [0, 0.05) is 22.6 Å². The highest BCUT2D eigenvalue weighted by atomic mass is 127. The first-order valence-electron chi connectivity index (χ1n) is 3.89. The summed E-state index contributed by atoms with van der Waals surface area (Å²) in [6, 6.07) is 0. The Hall–Kier alpha value is -0.680. The Morgan fingerprint density at radius 3 is 1.17 bits per heavy atom. The molecule has 1 rings (SSSR count). The highest BCUT2D eigenvalue weighted by molar-refractivity contribution is 14.1. The molecule has 18 heavy (non-hydrogen) atoms. The molecule has 0 aliphatic rings. The Morgan fingerprint density at radius 2 is 0.889 bits per heavy atom. The van der Waals surface area contributed by atoms with Crippen molar-refractivity contribution in [3.05, 3.63) is 34.6 Å². The van der Waals surface area contributed by atoms with E-state index in [1.54, 1.807) is 0 Å². The molecule has 0 amide bonds. The maximum Gasteiger partial charge on any atom is 0.362 e. The summed E-state index contributed by atoms with van der Waals surface area (Å²) < 4.78 is 109. The van der Waals surface area contributed by atoms with Gasteiger partial charge in [0.25, 0.3) is 0 Å². The van der Waals surface area contributed by atoms with Gasteiger partial charge >= 0.3 is 9.85 Å². The quantitative estimate of drug-likeness (QED) is 0.228. The van der Waals surface area contributed by atoms with Gasteiger partial charge in [0.05, 0.1) is 0 Å². The maximum absolute atomic E-state index is 13.0. The molecule has 0 radical (unpaired) electrons. The van der Waals surface area contributed by atoms with Crippen molar-refractivity contribution in [1.29, 1.82) is 0 Å². The van der Waals surface area contributed by atoms with Gasteiger partial charge in [-0.2, -0.15) is 17.6 Å². The third kappa shape index (κ3) is 2.14. The molecule has 0 N–H and O–H groups in total. The number of benzene rings is 1. The average molecular weight is 394 g/mol. The summed E-state index contributed by atoms with van der Waals surface area (Å²) in [7, 11) is 0. The minimum Gasteiger partial charge on any atom is -0.203 e. The number of hydrogen-bond donors (Lipinski definition) is 0. The molecule has 0 saturated heterocycles. The van der Waals surface area contributed by atoms with Crippen molar-refractivity contribution in [1.82, 2.24) is 0 Å². The Labute approximate surface area is 107 Å². The molecule has 0 saturated carbocycles. The van der Waals surface area contributed by atoms with Crippen molar-refractivity contribution in [3.8, 4) is 0 Å². The SMILES string of the molecule is Fc1c(F)c(F)c(C(F)(F)C(F)(F)I)c(F)c1F. The number of hydrogen-bond acceptors (Lipinski definition) is 0. The second-order valence-electron chi connectivity index (χ2n) is 3.02. The molecule has 0 unspecified atom stereocenters. The Kier molecular flexibility index (Phi) is 3.81. The summed E-state index contributed by atoms with van der Waals surface area (Å²) in [5, 5.41) is 0. The van der Waals surface area contributed by atoms with Crippen LogP contribution in [0.4, 0.5) is 39.5 Å². The van der Waals surface area contributed by atoms with Crippen molar-refractivity contribution >= 4 is 22.6 Å². The summed E-state index contributed by atoms with van der Waals surface area (Å²) >= 11 is -0.167. The largest absolute Gasteiger partial charge is 0.362 e. The molecule has 1 aromatic rings. The predicted octanol–water partition coefficient (Wildman–Crippen LogP) is 4.50. The minimum atomic E-state index is -5.56. The van der Waals surface area contributed by atoms with Crippen molar-refractivity contribution < 1.29 is 39.5 Å². The van der Waals surface area contributed by atoms with Crippen molar-refractivity contribution in [3.63, 3.8) is 0 Å². The highest BCUT2D eigenvalue weighted by Gasteiger charge is 2.59. The van der Waals surface area contributed by atoms with Crippen LogP contribution < -0.4 is 0 Å². The van der Waals surface area contributed by atoms with Crippen LogP contribution in [0.5, 0.6) is 0 Å². The average Bonchev–Trinajstić information content (AvgIpc) is 2.22. The molecule has 0 heterocycles. The Balaban J connectivity index is 3.72. The fraction of sp³-hybridized carbons (Fsp3) is 0.250. The topological polar surface area (TPSA) is 0 Å². The summed E-state index contributed by atoms with van der Waals surface area (Å²) in [6.07, 6.45) is 0. The minimum absolute atomic E-state index is 0.167. The Morgan fingerprint density at radius 1 is 0.611 bits per heavy atom. The van der Waals surface area contributed by atoms with E-state index in [1.807, 2.05) is 0 Å². The van der Waals surface area contributed by atoms with Gasteiger partial charge in [-0.3, -0.25) is 0 Å². The van der Waals surface area contributed by atoms with Crippen LogP contribution in [0.3, 0.4) is 0 Å². The second-order valence-corrected chi connectivity index (χ2v) is 4.37. The first-order valence-corrected chi connectivity index (χ1v) is 4.97. The third-order valence-corrected chi connectivity index (χ3v) is 2.56. The number of halogens is 10. The van der Waals surface area contributed by atoms with Crippen LogP contribution in [-0.4, -0.2) is 3.93 Å². The zero-order valence-electron chi connectivity index (χ0n) is 7.78. The number of rotatable bonds is 2. The molecule has 0 aliphatic heterocycles. The monoisotopic (exact) mass is 394 g/mol. The molecule has 0 fully saturated rings. The van der Waals surface area contributed by atoms with Gasteiger partial charge in [-0.1, -0.05) is 0 Å². The zero-order chi connectivity index (χ0) is 14.5. The molecule has 0 bridgehead atoms. The van der Waals surface area contributed by atoms with E-state index in [1.165, 1.54) is 0 Å². The van der Waals surface area contributed by atoms with Crippen LogP contribution in [0.1, 0.15) is 5.56 Å². The van der Waals surface area contributed by atoms with Crippen LogP contribution in [0.15, 0.2) is 0 Å². The van der Waals surface area contributed by atoms with E-state index in [9.17, 15) is 39.5 Å². The lowest BCUT2D eigenvalue weighted by atomic mass is 10.1. The number of alkyl halides is 5. The van der Waals surface area contributed by atoms with Gasteiger partial charge < -0.3 is 0 Å². The molecule has 1 aromatic carbocycles. The van der Waals surface area contributed by atoms with Crippen molar-refractivity contribution in [2.45, 2.75) is 9.85 Å². The van der Waals surface area contributed by atoms with Crippen molar-refractivity contribution in [2.75, 3.05) is 0 Å². The van der Waals surface area contributed by atoms with E-state index in [0.717, 1.165) is 0 Å². The summed E-state index contributed by atoms with van der Waals surface area (Å²) in [5.74, 6) is -19.7. The lowest BCUT2D eigenvalue weighted by molar-refractivity contribution is -0.151. The van der Waals surface area contributed by atoms with E-state index in [0.29, 0.717) is 0 Å². The molecular formula is C8F9I. The first-order chi connectivity index (χ1) is 7.93. The third-order valence-electron chi connectivity index (χ3n) is 1.88. The molecule has 0 atom stereocenters. The van der Waals surface area contributed by atoms with E-state index < -0.39 is 44.5 Å². The normalized spacial score (nSPS) is 13.0. The zero-order valence-corrected chi connectivity index (χ0v) is 9.94. The standard InChI is InChI=1S/C8F9I/c9-2-1(7(14,15)8(16,17)18)3(10)5(12)6(13)4(2)11. The van der Waals surface area contributed by atoms with Gasteiger partial charge in [-0.25, -0.2) is 22.0 Å². The summed E-state index contributed by atoms with van der Waals surface area (Å²) in [6.45, 7) is 0. The van der Waals surface area contributed by atoms with E-state index in [4.69, 9.17) is 0 Å². The lowest BCUT2D eigenvalue weighted by Crippen LogP contribution is -2.35.